The summed E-state index contributed by atoms with van der Waals surface area (Å²) in [4.78, 5) is 12.2. The third kappa shape index (κ3) is 2.40. The molecule has 0 radical (unpaired) electrons. The molecular weight excluding hydrogens is 323 g/mol. The predicted molar refractivity (Wildman–Crippen MR) is 75.4 cm³/mol. The highest BCUT2D eigenvalue weighted by molar-refractivity contribution is 9.09. The van der Waals surface area contributed by atoms with Gasteiger partial charge in [-0.05, 0) is 30.5 Å². The summed E-state index contributed by atoms with van der Waals surface area (Å²) in [5.41, 5.74) is 0.659. The van der Waals surface area contributed by atoms with Gasteiger partial charge in [-0.3, -0.25) is 4.79 Å². The molecule has 4 heteroatoms. The van der Waals surface area contributed by atoms with Gasteiger partial charge in [0, 0.05) is 0 Å². The van der Waals surface area contributed by atoms with Crippen molar-refractivity contribution in [1.82, 2.24) is 0 Å². The molecule has 0 saturated heterocycles. The number of ketones is 1. The molecule has 1 nitrogen and oxygen atoms in total. The van der Waals surface area contributed by atoms with Crippen LogP contribution in [0, 0.1) is 0 Å². The smallest absolute Gasteiger partial charge is 0.153 e. The first kappa shape index (κ1) is 13.4. The number of rotatable bonds is 3. The summed E-state index contributed by atoms with van der Waals surface area (Å²) in [5.74, 6) is 0.244. The van der Waals surface area contributed by atoms with E-state index >= 15 is 0 Å². The molecule has 1 aliphatic carbocycles. The van der Waals surface area contributed by atoms with Crippen LogP contribution >= 0.6 is 39.1 Å². The Bertz CT molecular complexity index is 439. The first-order chi connectivity index (χ1) is 8.10. The second-order valence-electron chi connectivity index (χ2n) is 4.47. The number of carbonyl (C=O) groups is 1. The van der Waals surface area contributed by atoms with Gasteiger partial charge in [0.05, 0.1) is 20.8 Å². The fourth-order valence-corrected chi connectivity index (χ4v) is 3.46. The Morgan fingerprint density at radius 1 is 1.24 bits per heavy atom. The standard InChI is InChI=1S/C13H13BrCl2O/c14-8-12(17)13(5-1-2-6-13)9-3-4-10(15)11(16)7-9/h3-4,7H,1-2,5-6,8H2. The fraction of sp³-hybridized carbons (Fsp3) is 0.462. The lowest BCUT2D eigenvalue weighted by molar-refractivity contribution is -0.121. The molecule has 0 unspecified atom stereocenters. The molecule has 0 N–H and O–H groups in total. The maximum absolute atomic E-state index is 12.2. The maximum atomic E-state index is 12.2. The van der Waals surface area contributed by atoms with E-state index < -0.39 is 0 Å². The minimum atomic E-state index is -0.349. The van der Waals surface area contributed by atoms with Gasteiger partial charge in [0.2, 0.25) is 0 Å². The Morgan fingerprint density at radius 3 is 2.41 bits per heavy atom. The van der Waals surface area contributed by atoms with Gasteiger partial charge in [0.1, 0.15) is 0 Å². The molecule has 0 aromatic heterocycles. The number of alkyl halides is 1. The van der Waals surface area contributed by atoms with Gasteiger partial charge in [0.15, 0.2) is 5.78 Å². The van der Waals surface area contributed by atoms with Crippen molar-refractivity contribution in [1.29, 1.82) is 0 Å². The quantitative estimate of drug-likeness (QED) is 0.727. The van der Waals surface area contributed by atoms with Crippen LogP contribution < -0.4 is 0 Å². The first-order valence-corrected chi connectivity index (χ1v) is 7.53. The summed E-state index contributed by atoms with van der Waals surface area (Å²) in [5, 5.41) is 1.46. The minimum Gasteiger partial charge on any atom is -0.298 e. The van der Waals surface area contributed by atoms with Crippen LogP contribution in [-0.4, -0.2) is 11.1 Å². The van der Waals surface area contributed by atoms with E-state index in [2.05, 4.69) is 15.9 Å². The summed E-state index contributed by atoms with van der Waals surface area (Å²) >= 11 is 15.2. The molecule has 0 bridgehead atoms. The van der Waals surface area contributed by atoms with Gasteiger partial charge in [-0.2, -0.15) is 0 Å². The molecule has 17 heavy (non-hydrogen) atoms. The van der Waals surface area contributed by atoms with Crippen LogP contribution in [0.5, 0.6) is 0 Å². The first-order valence-electron chi connectivity index (χ1n) is 5.65. The summed E-state index contributed by atoms with van der Waals surface area (Å²) < 4.78 is 0. The molecule has 0 spiro atoms. The molecule has 1 saturated carbocycles. The van der Waals surface area contributed by atoms with Gasteiger partial charge in [-0.1, -0.05) is 58.0 Å². The van der Waals surface area contributed by atoms with Crippen LogP contribution in [0.3, 0.4) is 0 Å². The Hall–Kier alpha value is -0.0500. The van der Waals surface area contributed by atoms with Crippen LogP contribution in [0.25, 0.3) is 0 Å². The van der Waals surface area contributed by atoms with E-state index in [0.717, 1.165) is 31.2 Å². The van der Waals surface area contributed by atoms with Gasteiger partial charge >= 0.3 is 0 Å². The number of benzene rings is 1. The summed E-state index contributed by atoms with van der Waals surface area (Å²) in [6.45, 7) is 0. The van der Waals surface area contributed by atoms with Crippen molar-refractivity contribution in [3.63, 3.8) is 0 Å². The summed E-state index contributed by atoms with van der Waals surface area (Å²) in [6.07, 6.45) is 4.02. The fourth-order valence-electron chi connectivity index (χ4n) is 2.63. The van der Waals surface area contributed by atoms with Crippen molar-refractivity contribution in [3.05, 3.63) is 33.8 Å². The van der Waals surface area contributed by atoms with Gasteiger partial charge in [-0.25, -0.2) is 0 Å². The van der Waals surface area contributed by atoms with E-state index in [1.54, 1.807) is 6.07 Å². The lowest BCUT2D eigenvalue weighted by atomic mass is 9.76. The molecule has 92 valence electrons. The van der Waals surface area contributed by atoms with Crippen LogP contribution in [0.4, 0.5) is 0 Å². The largest absolute Gasteiger partial charge is 0.298 e. The molecule has 1 aliphatic rings. The van der Waals surface area contributed by atoms with Gasteiger partial charge in [-0.15, -0.1) is 0 Å². The lowest BCUT2D eigenvalue weighted by Crippen LogP contribution is -2.33. The highest BCUT2D eigenvalue weighted by atomic mass is 79.9. The third-order valence-corrected chi connectivity index (χ3v) is 4.83. The van der Waals surface area contributed by atoms with Crippen LogP contribution in [0.15, 0.2) is 18.2 Å². The monoisotopic (exact) mass is 334 g/mol. The zero-order valence-electron chi connectivity index (χ0n) is 9.31. The van der Waals surface area contributed by atoms with E-state index in [1.807, 2.05) is 12.1 Å². The topological polar surface area (TPSA) is 17.1 Å². The average molecular weight is 336 g/mol. The van der Waals surface area contributed by atoms with E-state index in [-0.39, 0.29) is 11.2 Å². The molecule has 1 fully saturated rings. The predicted octanol–water partition coefficient (Wildman–Crippen LogP) is 4.77. The van der Waals surface area contributed by atoms with E-state index in [9.17, 15) is 4.79 Å². The molecule has 0 aliphatic heterocycles. The summed E-state index contributed by atoms with van der Waals surface area (Å²) in [6, 6.07) is 5.55. The molecule has 1 aromatic carbocycles. The number of carbonyl (C=O) groups excluding carboxylic acids is 1. The molecular formula is C13H13BrCl2O. The number of hydrogen-bond acceptors (Lipinski definition) is 1. The lowest BCUT2D eigenvalue weighted by Gasteiger charge is -2.27. The SMILES string of the molecule is O=C(CBr)C1(c2ccc(Cl)c(Cl)c2)CCCC1. The van der Waals surface area contributed by atoms with Crippen LogP contribution in [-0.2, 0) is 10.2 Å². The average Bonchev–Trinajstić information content (AvgIpc) is 2.82. The number of hydrogen-bond donors (Lipinski definition) is 0. The normalized spacial score (nSPS) is 18.3. The van der Waals surface area contributed by atoms with E-state index in [1.165, 1.54) is 0 Å². The van der Waals surface area contributed by atoms with Crippen LogP contribution in [0.2, 0.25) is 10.0 Å². The van der Waals surface area contributed by atoms with Crippen molar-refractivity contribution in [3.8, 4) is 0 Å². The van der Waals surface area contributed by atoms with E-state index in [0.29, 0.717) is 15.4 Å². The molecule has 2 rings (SSSR count). The van der Waals surface area contributed by atoms with Gasteiger partial charge < -0.3 is 0 Å². The minimum absolute atomic E-state index is 0.244. The van der Waals surface area contributed by atoms with Crippen molar-refractivity contribution in [2.75, 3.05) is 5.33 Å². The Balaban J connectivity index is 2.46. The molecule has 0 amide bonds. The zero-order chi connectivity index (χ0) is 12.5. The summed E-state index contributed by atoms with van der Waals surface area (Å²) in [7, 11) is 0. The van der Waals surface area contributed by atoms with Crippen molar-refractivity contribution in [2.24, 2.45) is 0 Å². The molecule has 0 heterocycles. The molecule has 1 aromatic rings. The second-order valence-corrected chi connectivity index (χ2v) is 5.85. The van der Waals surface area contributed by atoms with Gasteiger partial charge in [0.25, 0.3) is 0 Å². The Morgan fingerprint density at radius 2 is 1.88 bits per heavy atom. The van der Waals surface area contributed by atoms with E-state index in [4.69, 9.17) is 23.2 Å². The molecule has 0 atom stereocenters. The number of Topliss-reactive ketones (excluding diaryl/α,β-unsaturated/α-hetero) is 1. The Labute approximate surface area is 120 Å². The van der Waals surface area contributed by atoms with Crippen molar-refractivity contribution >= 4 is 44.9 Å². The second kappa shape index (κ2) is 5.29. The highest BCUT2D eigenvalue weighted by Gasteiger charge is 2.41. The third-order valence-electron chi connectivity index (χ3n) is 3.58. The zero-order valence-corrected chi connectivity index (χ0v) is 12.4. The van der Waals surface area contributed by atoms with Crippen LogP contribution in [0.1, 0.15) is 31.2 Å². The Kier molecular flexibility index (Phi) is 4.17. The number of halogens is 3. The van der Waals surface area contributed by atoms with Crippen molar-refractivity contribution in [2.45, 2.75) is 31.1 Å². The van der Waals surface area contributed by atoms with Crippen molar-refractivity contribution < 1.29 is 4.79 Å². The maximum Gasteiger partial charge on any atom is 0.153 e. The highest BCUT2D eigenvalue weighted by Crippen LogP contribution is 2.43.